The smallest absolute Gasteiger partial charge is 0.187 e. The highest BCUT2D eigenvalue weighted by molar-refractivity contribution is 7.80. The minimum atomic E-state index is 0.449. The largest absolute Gasteiger partial charge is 0.455 e. The van der Waals surface area contributed by atoms with Crippen LogP contribution in [0.15, 0.2) is 76.2 Å². The molecule has 0 fully saturated rings. The molecule has 0 atom stereocenters. The molecule has 0 aliphatic rings. The summed E-state index contributed by atoms with van der Waals surface area (Å²) in [5.41, 5.74) is 4.87. The van der Waals surface area contributed by atoms with Gasteiger partial charge in [0.1, 0.15) is 11.5 Å². The van der Waals surface area contributed by atoms with Gasteiger partial charge in [-0.05, 0) is 54.2 Å². The second kappa shape index (κ2) is 8.46. The van der Waals surface area contributed by atoms with Gasteiger partial charge in [0.2, 0.25) is 0 Å². The van der Waals surface area contributed by atoms with Gasteiger partial charge in [0, 0.05) is 17.1 Å². The fourth-order valence-corrected chi connectivity index (χ4v) is 2.41. The van der Waals surface area contributed by atoms with Crippen molar-refractivity contribution in [3.8, 4) is 11.3 Å². The number of nitrogens with one attached hydrogen (secondary N) is 2. The molecular formula is C19H16ClN3OS. The zero-order valence-electron chi connectivity index (χ0n) is 13.3. The van der Waals surface area contributed by atoms with E-state index in [0.717, 1.165) is 16.9 Å². The number of hydrogen-bond donors (Lipinski definition) is 2. The van der Waals surface area contributed by atoms with Crippen molar-refractivity contribution in [2.45, 2.75) is 6.54 Å². The average molecular weight is 370 g/mol. The first-order chi connectivity index (χ1) is 12.2. The van der Waals surface area contributed by atoms with Gasteiger partial charge in [-0.25, -0.2) is 0 Å². The Morgan fingerprint density at radius 3 is 2.56 bits per heavy atom. The van der Waals surface area contributed by atoms with Crippen molar-refractivity contribution in [2.24, 2.45) is 5.10 Å². The van der Waals surface area contributed by atoms with Crippen LogP contribution >= 0.6 is 23.8 Å². The van der Waals surface area contributed by atoms with Crippen LogP contribution in [0.3, 0.4) is 0 Å². The summed E-state index contributed by atoms with van der Waals surface area (Å²) in [6.45, 7) is 0.643. The fraction of sp³-hybridized carbons (Fsp3) is 0.0526. The Balaban J connectivity index is 1.50. The van der Waals surface area contributed by atoms with Crippen LogP contribution in [0.4, 0.5) is 0 Å². The second-order valence-electron chi connectivity index (χ2n) is 5.25. The van der Waals surface area contributed by atoms with Gasteiger partial charge in [-0.1, -0.05) is 41.9 Å². The Labute approximate surface area is 156 Å². The monoisotopic (exact) mass is 369 g/mol. The Kier molecular flexibility index (Phi) is 5.82. The Morgan fingerprint density at radius 1 is 1.04 bits per heavy atom. The summed E-state index contributed by atoms with van der Waals surface area (Å²) < 4.78 is 5.72. The van der Waals surface area contributed by atoms with Gasteiger partial charge in [0.05, 0.1) is 6.21 Å². The van der Waals surface area contributed by atoms with Crippen molar-refractivity contribution in [3.05, 3.63) is 83.1 Å². The van der Waals surface area contributed by atoms with Gasteiger partial charge in [-0.3, -0.25) is 5.43 Å². The van der Waals surface area contributed by atoms with Crippen LogP contribution in [0.2, 0.25) is 5.02 Å². The lowest BCUT2D eigenvalue weighted by atomic mass is 10.2. The molecule has 2 N–H and O–H groups in total. The van der Waals surface area contributed by atoms with Crippen molar-refractivity contribution in [1.29, 1.82) is 0 Å². The van der Waals surface area contributed by atoms with E-state index in [4.69, 9.17) is 28.2 Å². The van der Waals surface area contributed by atoms with Gasteiger partial charge in [0.15, 0.2) is 5.11 Å². The van der Waals surface area contributed by atoms with Crippen LogP contribution in [-0.4, -0.2) is 11.3 Å². The predicted molar refractivity (Wildman–Crippen MR) is 106 cm³/mol. The third-order valence-electron chi connectivity index (χ3n) is 3.41. The maximum Gasteiger partial charge on any atom is 0.187 e. The summed E-state index contributed by atoms with van der Waals surface area (Å²) >= 11 is 11.1. The number of hydrazone groups is 1. The molecule has 0 bridgehead atoms. The molecule has 6 heteroatoms. The molecule has 0 unspecified atom stereocenters. The molecule has 25 heavy (non-hydrogen) atoms. The van der Waals surface area contributed by atoms with E-state index in [2.05, 4.69) is 15.8 Å². The minimum absolute atomic E-state index is 0.449. The number of halogens is 1. The van der Waals surface area contributed by atoms with Gasteiger partial charge in [-0.2, -0.15) is 5.10 Å². The topological polar surface area (TPSA) is 49.6 Å². The molecule has 0 saturated heterocycles. The normalized spacial score (nSPS) is 10.8. The highest BCUT2D eigenvalue weighted by Crippen LogP contribution is 2.23. The van der Waals surface area contributed by atoms with E-state index in [1.165, 1.54) is 0 Å². The third-order valence-corrected chi connectivity index (χ3v) is 3.90. The molecule has 0 radical (unpaired) electrons. The van der Waals surface area contributed by atoms with Gasteiger partial charge in [0.25, 0.3) is 0 Å². The zero-order chi connectivity index (χ0) is 17.5. The van der Waals surface area contributed by atoms with Gasteiger partial charge < -0.3 is 9.73 Å². The van der Waals surface area contributed by atoms with Crippen LogP contribution in [0.25, 0.3) is 11.3 Å². The highest BCUT2D eigenvalue weighted by atomic mass is 35.5. The van der Waals surface area contributed by atoms with Crippen molar-refractivity contribution < 1.29 is 4.42 Å². The predicted octanol–water partition coefficient (Wildman–Crippen LogP) is 4.60. The molecule has 126 valence electrons. The quantitative estimate of drug-likeness (QED) is 0.392. The SMILES string of the molecule is S=C(NCc1ccccc1)N/N=C\c1ccc(-c2ccc(Cl)cc2)o1. The lowest BCUT2D eigenvalue weighted by molar-refractivity contribution is 0.574. The van der Waals surface area contributed by atoms with Crippen molar-refractivity contribution in [2.75, 3.05) is 0 Å². The summed E-state index contributed by atoms with van der Waals surface area (Å²) in [7, 11) is 0. The summed E-state index contributed by atoms with van der Waals surface area (Å²) in [6.07, 6.45) is 1.58. The summed E-state index contributed by atoms with van der Waals surface area (Å²) in [6, 6.07) is 21.2. The van der Waals surface area contributed by atoms with Gasteiger partial charge in [-0.15, -0.1) is 0 Å². The molecule has 3 aromatic rings. The first kappa shape index (κ1) is 17.2. The van der Waals surface area contributed by atoms with E-state index in [1.54, 1.807) is 6.21 Å². The third kappa shape index (κ3) is 5.17. The first-order valence-corrected chi connectivity index (χ1v) is 8.46. The van der Waals surface area contributed by atoms with Crippen molar-refractivity contribution in [1.82, 2.24) is 10.7 Å². The Bertz CT molecular complexity index is 860. The van der Waals surface area contributed by atoms with Gasteiger partial charge >= 0.3 is 0 Å². The molecule has 1 aromatic heterocycles. The van der Waals surface area contributed by atoms with Crippen LogP contribution in [0.5, 0.6) is 0 Å². The standard InChI is InChI=1S/C19H16ClN3OS/c20-16-8-6-15(7-9-16)18-11-10-17(24-18)13-22-23-19(25)21-12-14-4-2-1-3-5-14/h1-11,13H,12H2,(H2,21,23,25)/b22-13-. The van der Waals surface area contributed by atoms with Crippen LogP contribution < -0.4 is 10.7 Å². The first-order valence-electron chi connectivity index (χ1n) is 7.67. The Morgan fingerprint density at radius 2 is 1.80 bits per heavy atom. The molecule has 0 amide bonds. The maximum atomic E-state index is 5.89. The number of benzene rings is 2. The van der Waals surface area contributed by atoms with E-state index < -0.39 is 0 Å². The number of nitrogens with zero attached hydrogens (tertiary/aromatic N) is 1. The molecule has 4 nitrogen and oxygen atoms in total. The molecule has 0 saturated carbocycles. The lowest BCUT2D eigenvalue weighted by Crippen LogP contribution is -2.31. The molecule has 0 spiro atoms. The minimum Gasteiger partial charge on any atom is -0.455 e. The number of furan rings is 1. The van der Waals surface area contributed by atoms with Crippen LogP contribution in [0, 0.1) is 0 Å². The summed E-state index contributed by atoms with van der Waals surface area (Å²) in [4.78, 5) is 0. The van der Waals surface area contributed by atoms with Crippen LogP contribution in [0.1, 0.15) is 11.3 Å². The number of hydrogen-bond acceptors (Lipinski definition) is 3. The number of rotatable bonds is 5. The van der Waals surface area contributed by atoms with Crippen molar-refractivity contribution >= 4 is 35.1 Å². The molecule has 0 aliphatic carbocycles. The molecule has 0 aliphatic heterocycles. The van der Waals surface area contributed by atoms with Crippen LogP contribution in [-0.2, 0) is 6.54 Å². The summed E-state index contributed by atoms with van der Waals surface area (Å²) in [5.74, 6) is 1.38. The van der Waals surface area contributed by atoms with E-state index in [9.17, 15) is 0 Å². The van der Waals surface area contributed by atoms with E-state index in [-0.39, 0.29) is 0 Å². The van der Waals surface area contributed by atoms with E-state index in [1.807, 2.05) is 66.7 Å². The second-order valence-corrected chi connectivity index (χ2v) is 6.09. The fourth-order valence-electron chi connectivity index (χ4n) is 2.16. The molecule has 3 rings (SSSR count). The van der Waals surface area contributed by atoms with Crippen molar-refractivity contribution in [3.63, 3.8) is 0 Å². The summed E-state index contributed by atoms with van der Waals surface area (Å²) in [5, 5.41) is 8.31. The molecular weight excluding hydrogens is 354 g/mol. The van der Waals surface area contributed by atoms with E-state index in [0.29, 0.717) is 22.4 Å². The average Bonchev–Trinajstić information content (AvgIpc) is 3.10. The maximum absolute atomic E-state index is 5.89. The highest BCUT2D eigenvalue weighted by Gasteiger charge is 2.03. The number of thiocarbonyl (C=S) groups is 1. The zero-order valence-corrected chi connectivity index (χ0v) is 14.8. The van der Waals surface area contributed by atoms with E-state index >= 15 is 0 Å². The molecule has 1 heterocycles. The lowest BCUT2D eigenvalue weighted by Gasteiger charge is -2.06. The Hall–Kier alpha value is -2.63. The molecule has 2 aromatic carbocycles.